The summed E-state index contributed by atoms with van der Waals surface area (Å²) < 4.78 is 10.7. The number of rotatable bonds is 5. The number of methoxy groups -OCH3 is 1. The first-order valence-corrected chi connectivity index (χ1v) is 7.33. The quantitative estimate of drug-likeness (QED) is 0.911. The van der Waals surface area contributed by atoms with Gasteiger partial charge in [0.2, 0.25) is 0 Å². The first-order chi connectivity index (χ1) is 10.4. The van der Waals surface area contributed by atoms with E-state index in [1.54, 1.807) is 7.11 Å². The minimum Gasteiger partial charge on any atom is -0.497 e. The van der Waals surface area contributed by atoms with Gasteiger partial charge in [-0.2, -0.15) is 0 Å². The number of morpholine rings is 1. The van der Waals surface area contributed by atoms with Crippen LogP contribution in [0.4, 0.5) is 5.82 Å². The Bertz CT molecular complexity index is 597. The number of hydrogen-bond acceptors (Lipinski definition) is 5. The maximum atomic E-state index is 5.36. The Kier molecular flexibility index (Phi) is 4.52. The number of nitrogens with zero attached hydrogens (tertiary/aromatic N) is 2. The second-order valence-corrected chi connectivity index (χ2v) is 5.13. The van der Waals surface area contributed by atoms with E-state index in [0.717, 1.165) is 56.3 Å². The summed E-state index contributed by atoms with van der Waals surface area (Å²) in [6.45, 7) is 5.58. The fourth-order valence-electron chi connectivity index (χ4n) is 2.57. The topological polar surface area (TPSA) is 46.6 Å². The zero-order valence-electron chi connectivity index (χ0n) is 12.3. The van der Waals surface area contributed by atoms with Gasteiger partial charge in [-0.15, -0.1) is 0 Å². The number of hydrogen-bond donors (Lipinski definition) is 1. The lowest BCUT2D eigenvalue weighted by Gasteiger charge is -2.26. The number of aromatic nitrogens is 1. The fourth-order valence-corrected chi connectivity index (χ4v) is 2.57. The predicted molar refractivity (Wildman–Crippen MR) is 84.0 cm³/mol. The smallest absolute Gasteiger partial charge is 0.133 e. The molecule has 2 aromatic rings. The summed E-state index contributed by atoms with van der Waals surface area (Å²) in [5, 5.41) is 5.70. The molecule has 3 rings (SSSR count). The van der Waals surface area contributed by atoms with Crippen LogP contribution in [0, 0.1) is 0 Å². The molecule has 1 fully saturated rings. The minimum absolute atomic E-state index is 0.837. The fraction of sp³-hybridized carbons (Fsp3) is 0.438. The van der Waals surface area contributed by atoms with Crippen LogP contribution in [0.2, 0.25) is 0 Å². The van der Waals surface area contributed by atoms with Gasteiger partial charge in [-0.3, -0.25) is 4.90 Å². The molecule has 1 aliphatic heterocycles. The monoisotopic (exact) mass is 287 g/mol. The molecule has 0 bridgehead atoms. The average Bonchev–Trinajstić information content (AvgIpc) is 2.55. The summed E-state index contributed by atoms with van der Waals surface area (Å²) in [6.07, 6.45) is 1.84. The van der Waals surface area contributed by atoms with Crippen molar-refractivity contribution in [1.82, 2.24) is 9.88 Å². The Morgan fingerprint density at radius 1 is 1.29 bits per heavy atom. The Hall–Kier alpha value is -1.85. The van der Waals surface area contributed by atoms with Crippen molar-refractivity contribution >= 4 is 16.6 Å². The maximum absolute atomic E-state index is 5.36. The zero-order valence-corrected chi connectivity index (χ0v) is 12.3. The van der Waals surface area contributed by atoms with Gasteiger partial charge in [-0.25, -0.2) is 4.98 Å². The Morgan fingerprint density at radius 3 is 2.95 bits per heavy atom. The van der Waals surface area contributed by atoms with Gasteiger partial charge in [0.1, 0.15) is 11.6 Å². The van der Waals surface area contributed by atoms with Crippen molar-refractivity contribution in [2.24, 2.45) is 0 Å². The van der Waals surface area contributed by atoms with Crippen molar-refractivity contribution in [3.05, 3.63) is 30.5 Å². The minimum atomic E-state index is 0.837. The molecular weight excluding hydrogens is 266 g/mol. The molecule has 0 unspecified atom stereocenters. The molecule has 0 spiro atoms. The predicted octanol–water partition coefficient (Wildman–Crippen LogP) is 1.99. The second-order valence-electron chi connectivity index (χ2n) is 5.13. The molecule has 1 N–H and O–H groups in total. The van der Waals surface area contributed by atoms with Crippen molar-refractivity contribution in [2.45, 2.75) is 0 Å². The van der Waals surface area contributed by atoms with Crippen molar-refractivity contribution in [3.8, 4) is 5.75 Å². The Morgan fingerprint density at radius 2 is 2.14 bits per heavy atom. The van der Waals surface area contributed by atoms with Gasteiger partial charge < -0.3 is 14.8 Å². The van der Waals surface area contributed by atoms with Crippen LogP contribution in [0.25, 0.3) is 10.8 Å². The summed E-state index contributed by atoms with van der Waals surface area (Å²) in [5.41, 5.74) is 0. The third kappa shape index (κ3) is 3.43. The molecule has 0 saturated carbocycles. The van der Waals surface area contributed by atoms with E-state index in [9.17, 15) is 0 Å². The number of anilines is 1. The highest BCUT2D eigenvalue weighted by atomic mass is 16.5. The van der Waals surface area contributed by atoms with Crippen LogP contribution in [0.3, 0.4) is 0 Å². The molecule has 21 heavy (non-hydrogen) atoms. The summed E-state index contributed by atoms with van der Waals surface area (Å²) in [5.74, 6) is 1.77. The number of ether oxygens (including phenoxy) is 2. The van der Waals surface area contributed by atoms with Gasteiger partial charge in [-0.05, 0) is 23.6 Å². The van der Waals surface area contributed by atoms with Crippen molar-refractivity contribution < 1.29 is 9.47 Å². The first-order valence-electron chi connectivity index (χ1n) is 7.33. The summed E-state index contributed by atoms with van der Waals surface area (Å²) >= 11 is 0. The highest BCUT2D eigenvalue weighted by molar-refractivity contribution is 5.92. The average molecular weight is 287 g/mol. The van der Waals surface area contributed by atoms with E-state index >= 15 is 0 Å². The van der Waals surface area contributed by atoms with Crippen LogP contribution in [-0.4, -0.2) is 56.4 Å². The standard InChI is InChI=1S/C16H21N3O2/c1-20-14-3-2-13-4-5-17-16(15(13)12-14)18-6-7-19-8-10-21-11-9-19/h2-5,12H,6-11H2,1H3,(H,17,18). The van der Waals surface area contributed by atoms with E-state index in [1.807, 2.05) is 24.4 Å². The third-order valence-electron chi connectivity index (χ3n) is 3.80. The second kappa shape index (κ2) is 6.74. The first kappa shape index (κ1) is 14.1. The molecule has 0 amide bonds. The number of pyridine rings is 1. The molecule has 5 nitrogen and oxygen atoms in total. The number of benzene rings is 1. The summed E-state index contributed by atoms with van der Waals surface area (Å²) in [4.78, 5) is 6.86. The van der Waals surface area contributed by atoms with Gasteiger partial charge >= 0.3 is 0 Å². The Balaban J connectivity index is 1.68. The lowest BCUT2D eigenvalue weighted by molar-refractivity contribution is 0.0398. The normalized spacial score (nSPS) is 16.0. The van der Waals surface area contributed by atoms with Crippen molar-refractivity contribution in [2.75, 3.05) is 51.8 Å². The van der Waals surface area contributed by atoms with Gasteiger partial charge in [0, 0.05) is 37.8 Å². The highest BCUT2D eigenvalue weighted by Gasteiger charge is 2.10. The van der Waals surface area contributed by atoms with E-state index in [-0.39, 0.29) is 0 Å². The lowest BCUT2D eigenvalue weighted by Crippen LogP contribution is -2.39. The van der Waals surface area contributed by atoms with Crippen LogP contribution in [-0.2, 0) is 4.74 Å². The van der Waals surface area contributed by atoms with Gasteiger partial charge in [-0.1, -0.05) is 6.07 Å². The van der Waals surface area contributed by atoms with Crippen LogP contribution in [0.15, 0.2) is 30.5 Å². The van der Waals surface area contributed by atoms with Gasteiger partial charge in [0.15, 0.2) is 0 Å². The third-order valence-corrected chi connectivity index (χ3v) is 3.80. The molecular formula is C16H21N3O2. The molecule has 0 radical (unpaired) electrons. The largest absolute Gasteiger partial charge is 0.497 e. The molecule has 1 saturated heterocycles. The van der Waals surface area contributed by atoms with Crippen LogP contribution in [0.1, 0.15) is 0 Å². The summed E-state index contributed by atoms with van der Waals surface area (Å²) in [6, 6.07) is 8.07. The van der Waals surface area contributed by atoms with E-state index in [4.69, 9.17) is 9.47 Å². The van der Waals surface area contributed by atoms with Crippen molar-refractivity contribution in [3.63, 3.8) is 0 Å². The maximum Gasteiger partial charge on any atom is 0.133 e. The highest BCUT2D eigenvalue weighted by Crippen LogP contribution is 2.25. The summed E-state index contributed by atoms with van der Waals surface area (Å²) in [7, 11) is 1.68. The van der Waals surface area contributed by atoms with Crippen LogP contribution < -0.4 is 10.1 Å². The SMILES string of the molecule is COc1ccc2ccnc(NCCN3CCOCC3)c2c1. The molecule has 5 heteroatoms. The van der Waals surface area contributed by atoms with Crippen LogP contribution >= 0.6 is 0 Å². The van der Waals surface area contributed by atoms with E-state index in [1.165, 1.54) is 5.39 Å². The van der Waals surface area contributed by atoms with Crippen molar-refractivity contribution in [1.29, 1.82) is 0 Å². The molecule has 1 aliphatic rings. The van der Waals surface area contributed by atoms with E-state index < -0.39 is 0 Å². The Labute approximate surface area is 124 Å². The number of fused-ring (bicyclic) bond motifs is 1. The van der Waals surface area contributed by atoms with Gasteiger partial charge in [0.25, 0.3) is 0 Å². The molecule has 112 valence electrons. The van der Waals surface area contributed by atoms with E-state index in [2.05, 4.69) is 21.3 Å². The zero-order chi connectivity index (χ0) is 14.5. The van der Waals surface area contributed by atoms with Crippen LogP contribution in [0.5, 0.6) is 5.75 Å². The molecule has 1 aromatic heterocycles. The molecule has 1 aromatic carbocycles. The molecule has 0 atom stereocenters. The van der Waals surface area contributed by atoms with Gasteiger partial charge in [0.05, 0.1) is 20.3 Å². The number of nitrogens with one attached hydrogen (secondary N) is 1. The van der Waals surface area contributed by atoms with E-state index in [0.29, 0.717) is 0 Å². The molecule has 0 aliphatic carbocycles. The lowest BCUT2D eigenvalue weighted by atomic mass is 10.1. The molecule has 2 heterocycles.